The van der Waals surface area contributed by atoms with Crippen LogP contribution in [0, 0.1) is 5.92 Å². The fraction of sp³-hybridized carbons (Fsp3) is 0.429. The van der Waals surface area contributed by atoms with E-state index in [1.54, 1.807) is 0 Å². The topological polar surface area (TPSA) is 43.4 Å². The van der Waals surface area contributed by atoms with Gasteiger partial charge in [0.05, 0.1) is 0 Å². The van der Waals surface area contributed by atoms with Gasteiger partial charge in [-0.25, -0.2) is 0 Å². The molecular formula is C14H16O3. The van der Waals surface area contributed by atoms with Gasteiger partial charge in [-0.15, -0.1) is 0 Å². The Morgan fingerprint density at radius 3 is 2.65 bits per heavy atom. The molecule has 0 spiro atoms. The number of carbonyl (C=O) groups excluding carboxylic acids is 2. The molecule has 1 aromatic rings. The predicted molar refractivity (Wildman–Crippen MR) is 63.3 cm³/mol. The highest BCUT2D eigenvalue weighted by Gasteiger charge is 2.33. The molecule has 17 heavy (non-hydrogen) atoms. The van der Waals surface area contributed by atoms with Crippen molar-refractivity contribution in [1.82, 2.24) is 0 Å². The minimum absolute atomic E-state index is 0.0234. The Morgan fingerprint density at radius 1 is 1.35 bits per heavy atom. The average molecular weight is 232 g/mol. The first-order chi connectivity index (χ1) is 8.18. The molecule has 90 valence electrons. The van der Waals surface area contributed by atoms with Crippen molar-refractivity contribution in [2.24, 2.45) is 5.92 Å². The monoisotopic (exact) mass is 232 g/mol. The van der Waals surface area contributed by atoms with E-state index in [2.05, 4.69) is 0 Å². The summed E-state index contributed by atoms with van der Waals surface area (Å²) in [5.41, 5.74) is 0.950. The normalized spacial score (nSPS) is 21.2. The standard InChI is InChI=1S/C14H16O3/c1-10(11-6-3-2-4-7-11)17-14(16)12-8-5-9-13(12)15/h2-4,6-7,10,12H,5,8-9H2,1H3. The number of hydrogen-bond donors (Lipinski definition) is 0. The van der Waals surface area contributed by atoms with Crippen LogP contribution in [0.25, 0.3) is 0 Å². The Balaban J connectivity index is 1.97. The van der Waals surface area contributed by atoms with Gasteiger partial charge in [-0.2, -0.15) is 0 Å². The van der Waals surface area contributed by atoms with Crippen LogP contribution in [0.5, 0.6) is 0 Å². The van der Waals surface area contributed by atoms with Gasteiger partial charge in [0.15, 0.2) is 0 Å². The Labute approximate surface area is 101 Å². The second kappa shape index (κ2) is 5.13. The quantitative estimate of drug-likeness (QED) is 0.594. The van der Waals surface area contributed by atoms with Gasteiger partial charge >= 0.3 is 5.97 Å². The van der Waals surface area contributed by atoms with Crippen molar-refractivity contribution in [2.45, 2.75) is 32.3 Å². The molecule has 1 aliphatic rings. The van der Waals surface area contributed by atoms with Crippen LogP contribution < -0.4 is 0 Å². The fourth-order valence-corrected chi connectivity index (χ4v) is 2.11. The number of Topliss-reactive ketones (excluding diaryl/α,β-unsaturated/α-hetero) is 1. The van der Waals surface area contributed by atoms with Gasteiger partial charge in [-0.1, -0.05) is 30.3 Å². The molecule has 0 heterocycles. The summed E-state index contributed by atoms with van der Waals surface area (Å²) in [5.74, 6) is -0.875. The first kappa shape index (κ1) is 11.8. The molecule has 0 N–H and O–H groups in total. The van der Waals surface area contributed by atoms with Crippen molar-refractivity contribution >= 4 is 11.8 Å². The molecule has 0 bridgehead atoms. The Hall–Kier alpha value is -1.64. The van der Waals surface area contributed by atoms with Crippen LogP contribution in [0.3, 0.4) is 0 Å². The second-order valence-electron chi connectivity index (χ2n) is 4.40. The molecule has 0 aliphatic heterocycles. The molecular weight excluding hydrogens is 216 g/mol. The Morgan fingerprint density at radius 2 is 2.06 bits per heavy atom. The van der Waals surface area contributed by atoms with E-state index in [0.717, 1.165) is 12.0 Å². The predicted octanol–water partition coefficient (Wildman–Crippen LogP) is 2.66. The molecule has 1 aliphatic carbocycles. The molecule has 2 atom stereocenters. The van der Waals surface area contributed by atoms with Gasteiger partial charge in [0.2, 0.25) is 0 Å². The smallest absolute Gasteiger partial charge is 0.317 e. The lowest BCUT2D eigenvalue weighted by molar-refractivity contribution is -0.155. The van der Waals surface area contributed by atoms with Crippen LogP contribution in [0.4, 0.5) is 0 Å². The van der Waals surface area contributed by atoms with E-state index >= 15 is 0 Å². The molecule has 3 nitrogen and oxygen atoms in total. The molecule has 1 fully saturated rings. The highest BCUT2D eigenvalue weighted by atomic mass is 16.5. The highest BCUT2D eigenvalue weighted by Crippen LogP contribution is 2.25. The highest BCUT2D eigenvalue weighted by molar-refractivity contribution is 6.00. The largest absolute Gasteiger partial charge is 0.457 e. The number of ketones is 1. The number of ether oxygens (including phenoxy) is 1. The van der Waals surface area contributed by atoms with Gasteiger partial charge in [0.1, 0.15) is 17.8 Å². The minimum atomic E-state index is -0.527. The summed E-state index contributed by atoms with van der Waals surface area (Å²) in [6.45, 7) is 1.83. The molecule has 2 rings (SSSR count). The Bertz CT molecular complexity index is 411. The third-order valence-electron chi connectivity index (χ3n) is 3.15. The third kappa shape index (κ3) is 2.73. The van der Waals surface area contributed by atoms with Crippen LogP contribution in [0.15, 0.2) is 30.3 Å². The lowest BCUT2D eigenvalue weighted by Crippen LogP contribution is -2.22. The first-order valence-corrected chi connectivity index (χ1v) is 5.96. The van der Waals surface area contributed by atoms with Gasteiger partial charge in [0, 0.05) is 6.42 Å². The zero-order chi connectivity index (χ0) is 12.3. The third-order valence-corrected chi connectivity index (χ3v) is 3.15. The summed E-state index contributed by atoms with van der Waals surface area (Å²) < 4.78 is 5.33. The number of hydrogen-bond acceptors (Lipinski definition) is 3. The van der Waals surface area contributed by atoms with Crippen LogP contribution >= 0.6 is 0 Å². The van der Waals surface area contributed by atoms with Crippen molar-refractivity contribution in [1.29, 1.82) is 0 Å². The summed E-state index contributed by atoms with van der Waals surface area (Å²) in [6, 6.07) is 9.54. The van der Waals surface area contributed by atoms with Crippen molar-refractivity contribution < 1.29 is 14.3 Å². The molecule has 1 saturated carbocycles. The summed E-state index contributed by atoms with van der Waals surface area (Å²) >= 11 is 0. The lowest BCUT2D eigenvalue weighted by atomic mass is 10.1. The molecule has 1 aromatic carbocycles. The van der Waals surface area contributed by atoms with Crippen molar-refractivity contribution in [3.05, 3.63) is 35.9 Å². The summed E-state index contributed by atoms with van der Waals surface area (Å²) in [6.07, 6.45) is 1.66. The van der Waals surface area contributed by atoms with Gasteiger partial charge < -0.3 is 4.74 Å². The number of benzene rings is 1. The van der Waals surface area contributed by atoms with Crippen molar-refractivity contribution in [2.75, 3.05) is 0 Å². The summed E-state index contributed by atoms with van der Waals surface area (Å²) in [4.78, 5) is 23.2. The number of rotatable bonds is 3. The SMILES string of the molecule is CC(OC(=O)C1CCCC1=O)c1ccccc1. The van der Waals surface area contributed by atoms with Crippen LogP contribution in [-0.2, 0) is 14.3 Å². The summed E-state index contributed by atoms with van der Waals surface area (Å²) in [7, 11) is 0. The Kier molecular flexibility index (Phi) is 3.57. The van der Waals surface area contributed by atoms with E-state index in [0.29, 0.717) is 12.8 Å². The maximum atomic E-state index is 11.8. The molecule has 0 aromatic heterocycles. The van der Waals surface area contributed by atoms with Crippen molar-refractivity contribution in [3.8, 4) is 0 Å². The van der Waals surface area contributed by atoms with E-state index in [1.807, 2.05) is 37.3 Å². The molecule has 2 unspecified atom stereocenters. The molecule has 0 radical (unpaired) electrons. The maximum absolute atomic E-state index is 11.8. The van der Waals surface area contributed by atoms with E-state index in [9.17, 15) is 9.59 Å². The van der Waals surface area contributed by atoms with Crippen LogP contribution in [0.2, 0.25) is 0 Å². The zero-order valence-electron chi connectivity index (χ0n) is 9.89. The van der Waals surface area contributed by atoms with Gasteiger partial charge in [-0.05, 0) is 25.3 Å². The van der Waals surface area contributed by atoms with E-state index in [-0.39, 0.29) is 17.9 Å². The molecule has 3 heteroatoms. The van der Waals surface area contributed by atoms with Crippen molar-refractivity contribution in [3.63, 3.8) is 0 Å². The zero-order valence-corrected chi connectivity index (χ0v) is 9.89. The summed E-state index contributed by atoms with van der Waals surface area (Å²) in [5, 5.41) is 0. The van der Waals surface area contributed by atoms with Gasteiger partial charge in [-0.3, -0.25) is 9.59 Å². The second-order valence-corrected chi connectivity index (χ2v) is 4.40. The number of carbonyl (C=O) groups is 2. The first-order valence-electron chi connectivity index (χ1n) is 5.96. The number of esters is 1. The maximum Gasteiger partial charge on any atom is 0.317 e. The van der Waals surface area contributed by atoms with E-state index < -0.39 is 5.92 Å². The van der Waals surface area contributed by atoms with E-state index in [4.69, 9.17) is 4.74 Å². The average Bonchev–Trinajstić information content (AvgIpc) is 2.76. The molecule has 0 saturated heterocycles. The fourth-order valence-electron chi connectivity index (χ4n) is 2.11. The van der Waals surface area contributed by atoms with Crippen LogP contribution in [-0.4, -0.2) is 11.8 Å². The van der Waals surface area contributed by atoms with Crippen LogP contribution in [0.1, 0.15) is 37.9 Å². The van der Waals surface area contributed by atoms with E-state index in [1.165, 1.54) is 0 Å². The lowest BCUT2D eigenvalue weighted by Gasteiger charge is -2.15. The molecule has 0 amide bonds. The van der Waals surface area contributed by atoms with Gasteiger partial charge in [0.25, 0.3) is 0 Å². The minimum Gasteiger partial charge on any atom is -0.457 e.